The van der Waals surface area contributed by atoms with Gasteiger partial charge >= 0.3 is 6.09 Å². The van der Waals surface area contributed by atoms with Crippen LogP contribution in [0.25, 0.3) is 11.3 Å². The average Bonchev–Trinajstić information content (AvgIpc) is 3.54. The lowest BCUT2D eigenvalue weighted by Crippen LogP contribution is -2.45. The van der Waals surface area contributed by atoms with Crippen LogP contribution in [0, 0.1) is 0 Å². The lowest BCUT2D eigenvalue weighted by atomic mass is 10.1. The molecule has 1 unspecified atom stereocenters. The molecule has 0 spiro atoms. The molecule has 0 radical (unpaired) electrons. The summed E-state index contributed by atoms with van der Waals surface area (Å²) in [5.74, 6) is 0.454. The molecule has 2 aromatic heterocycles. The maximum Gasteiger partial charge on any atom is 0.412 e. The summed E-state index contributed by atoms with van der Waals surface area (Å²) < 4.78 is 5.67. The number of carbonyl (C=O) groups is 3. The molecule has 1 aliphatic carbocycles. The third-order valence-corrected chi connectivity index (χ3v) is 9.23. The van der Waals surface area contributed by atoms with Gasteiger partial charge in [0.15, 0.2) is 5.13 Å². The fourth-order valence-corrected chi connectivity index (χ4v) is 6.72. The molecule has 2 fully saturated rings. The molecule has 226 valence electrons. The first-order chi connectivity index (χ1) is 21.4. The number of benzene rings is 2. The smallest absolute Gasteiger partial charge is 0.412 e. The molecule has 2 N–H and O–H groups in total. The van der Waals surface area contributed by atoms with Crippen molar-refractivity contribution in [3.05, 3.63) is 89.1 Å². The standard InChI is InChI=1S/C31H31N7O4S2/c1-37(2)29-32-14-22(15-33-29)28-38(31(41)42-16-19-6-4-3-5-7-19)25(18-43-28)27(40)36-30-35-24(17-44-30)20-8-10-21(11-9-20)26(39)34-23-12-13-23/h3-11,14-15,17,23,25,28H,12-13,16,18H2,1-2H3,(H,34,39)(H,35,36,40)/t25-,28?/m0/s1. The van der Waals surface area contributed by atoms with Gasteiger partial charge in [-0.1, -0.05) is 42.5 Å². The van der Waals surface area contributed by atoms with Crippen LogP contribution in [-0.4, -0.2) is 69.7 Å². The number of hydrogen-bond acceptors (Lipinski definition) is 10. The van der Waals surface area contributed by atoms with E-state index in [9.17, 15) is 14.4 Å². The molecular formula is C31H31N7O4S2. The summed E-state index contributed by atoms with van der Waals surface area (Å²) in [6.45, 7) is 0.0782. The number of rotatable bonds is 9. The molecule has 4 aromatic rings. The van der Waals surface area contributed by atoms with Crippen LogP contribution in [0.5, 0.6) is 0 Å². The van der Waals surface area contributed by atoms with Crippen LogP contribution in [0.1, 0.15) is 39.7 Å². The van der Waals surface area contributed by atoms with Crippen LogP contribution in [0.3, 0.4) is 0 Å². The minimum Gasteiger partial charge on any atom is -0.444 e. The van der Waals surface area contributed by atoms with Gasteiger partial charge in [-0.25, -0.2) is 19.7 Å². The van der Waals surface area contributed by atoms with E-state index in [2.05, 4.69) is 25.6 Å². The minimum atomic E-state index is -0.807. The Kier molecular flexibility index (Phi) is 8.75. The van der Waals surface area contributed by atoms with Gasteiger partial charge in [0.25, 0.3) is 5.91 Å². The Morgan fingerprint density at radius 1 is 1.02 bits per heavy atom. The topological polar surface area (TPSA) is 130 Å². The Morgan fingerprint density at radius 2 is 1.75 bits per heavy atom. The maximum atomic E-state index is 13.6. The van der Waals surface area contributed by atoms with Crippen molar-refractivity contribution in [2.75, 3.05) is 30.1 Å². The first-order valence-corrected chi connectivity index (χ1v) is 16.1. The number of amides is 3. The summed E-state index contributed by atoms with van der Waals surface area (Å²) in [4.78, 5) is 56.0. The summed E-state index contributed by atoms with van der Waals surface area (Å²) in [5.41, 5.74) is 3.64. The van der Waals surface area contributed by atoms with E-state index >= 15 is 0 Å². The molecule has 1 saturated heterocycles. The van der Waals surface area contributed by atoms with Crippen molar-refractivity contribution in [2.24, 2.45) is 0 Å². The van der Waals surface area contributed by atoms with E-state index in [1.54, 1.807) is 29.4 Å². The molecule has 1 aliphatic heterocycles. The molecule has 2 atom stereocenters. The summed E-state index contributed by atoms with van der Waals surface area (Å²) in [7, 11) is 3.70. The number of thiazole rings is 1. The fourth-order valence-electron chi connectivity index (χ4n) is 4.61. The van der Waals surface area contributed by atoms with Gasteiger partial charge in [0.05, 0.1) is 5.69 Å². The Hall–Kier alpha value is -4.49. The predicted octanol–water partition coefficient (Wildman–Crippen LogP) is 4.95. The molecule has 13 heteroatoms. The first kappa shape index (κ1) is 29.6. The zero-order chi connectivity index (χ0) is 30.6. The second kappa shape index (κ2) is 13.0. The highest BCUT2D eigenvalue weighted by molar-refractivity contribution is 7.99. The second-order valence-electron chi connectivity index (χ2n) is 10.7. The van der Waals surface area contributed by atoms with Crippen molar-refractivity contribution >= 4 is 52.1 Å². The number of nitrogens with one attached hydrogen (secondary N) is 2. The molecular weight excluding hydrogens is 599 g/mol. The number of ether oxygens (including phenoxy) is 1. The van der Waals surface area contributed by atoms with E-state index in [1.165, 1.54) is 28.0 Å². The van der Waals surface area contributed by atoms with Crippen molar-refractivity contribution in [1.82, 2.24) is 25.2 Å². The lowest BCUT2D eigenvalue weighted by molar-refractivity contribution is -0.120. The van der Waals surface area contributed by atoms with Gasteiger partial charge in [0, 0.05) is 60.4 Å². The van der Waals surface area contributed by atoms with Gasteiger partial charge in [0.1, 0.15) is 18.0 Å². The van der Waals surface area contributed by atoms with Gasteiger partial charge in [-0.05, 0) is 30.5 Å². The first-order valence-electron chi connectivity index (χ1n) is 14.1. The number of carbonyl (C=O) groups excluding carboxylic acids is 3. The van der Waals surface area contributed by atoms with Crippen molar-refractivity contribution in [3.63, 3.8) is 0 Å². The van der Waals surface area contributed by atoms with Crippen molar-refractivity contribution in [2.45, 2.75) is 36.9 Å². The summed E-state index contributed by atoms with van der Waals surface area (Å²) in [5, 5.41) is 7.62. The molecule has 6 rings (SSSR count). The van der Waals surface area contributed by atoms with Gasteiger partial charge in [-0.3, -0.25) is 14.5 Å². The minimum absolute atomic E-state index is 0.0782. The van der Waals surface area contributed by atoms with Gasteiger partial charge < -0.3 is 20.3 Å². The number of hydrogen-bond donors (Lipinski definition) is 2. The summed E-state index contributed by atoms with van der Waals surface area (Å²) in [6.07, 6.45) is 4.80. The van der Waals surface area contributed by atoms with Crippen LogP contribution < -0.4 is 15.5 Å². The number of nitrogens with zero attached hydrogens (tertiary/aromatic N) is 5. The Labute approximate surface area is 263 Å². The number of thioether (sulfide) groups is 1. The SMILES string of the molecule is CN(C)c1ncc(C2SC[C@@H](C(=O)Nc3nc(-c4ccc(C(=O)NC5CC5)cc4)cs3)N2C(=O)OCc2ccccc2)cn1. The van der Waals surface area contributed by atoms with E-state index < -0.39 is 17.5 Å². The van der Waals surface area contributed by atoms with E-state index in [1.807, 2.05) is 61.9 Å². The third-order valence-electron chi connectivity index (χ3n) is 7.15. The molecule has 2 aromatic carbocycles. The lowest BCUT2D eigenvalue weighted by Gasteiger charge is -2.28. The third kappa shape index (κ3) is 6.84. The van der Waals surface area contributed by atoms with Crippen LogP contribution in [-0.2, 0) is 16.1 Å². The summed E-state index contributed by atoms with van der Waals surface area (Å²) >= 11 is 2.74. The molecule has 1 saturated carbocycles. The molecule has 0 bridgehead atoms. The van der Waals surface area contributed by atoms with Gasteiger partial charge in [-0.2, -0.15) is 0 Å². The van der Waals surface area contributed by atoms with Crippen LogP contribution in [0.2, 0.25) is 0 Å². The van der Waals surface area contributed by atoms with E-state index in [0.29, 0.717) is 39.7 Å². The van der Waals surface area contributed by atoms with Crippen LogP contribution >= 0.6 is 23.1 Å². The maximum absolute atomic E-state index is 13.6. The molecule has 11 nitrogen and oxygen atoms in total. The van der Waals surface area contributed by atoms with E-state index in [-0.39, 0.29) is 18.4 Å². The zero-order valence-corrected chi connectivity index (χ0v) is 25.8. The van der Waals surface area contributed by atoms with E-state index in [4.69, 9.17) is 4.74 Å². The summed E-state index contributed by atoms with van der Waals surface area (Å²) in [6, 6.07) is 16.1. The Balaban J connectivity index is 1.16. The quantitative estimate of drug-likeness (QED) is 0.264. The van der Waals surface area contributed by atoms with Crippen molar-refractivity contribution in [3.8, 4) is 11.3 Å². The second-order valence-corrected chi connectivity index (χ2v) is 12.7. The molecule has 2 aliphatic rings. The van der Waals surface area contributed by atoms with Gasteiger partial charge in [0.2, 0.25) is 11.9 Å². The van der Waals surface area contributed by atoms with Crippen molar-refractivity contribution < 1.29 is 19.1 Å². The zero-order valence-electron chi connectivity index (χ0n) is 24.2. The monoisotopic (exact) mass is 629 g/mol. The molecule has 3 heterocycles. The predicted molar refractivity (Wildman–Crippen MR) is 170 cm³/mol. The highest BCUT2D eigenvalue weighted by Gasteiger charge is 2.44. The fraction of sp³-hybridized carbons (Fsp3) is 0.290. The largest absolute Gasteiger partial charge is 0.444 e. The normalized spacial score (nSPS) is 17.6. The Bertz CT molecular complexity index is 1630. The highest BCUT2D eigenvalue weighted by atomic mass is 32.2. The number of anilines is 2. The van der Waals surface area contributed by atoms with Gasteiger partial charge in [-0.15, -0.1) is 23.1 Å². The highest BCUT2D eigenvalue weighted by Crippen LogP contribution is 2.42. The Morgan fingerprint density at radius 3 is 2.43 bits per heavy atom. The average molecular weight is 630 g/mol. The van der Waals surface area contributed by atoms with E-state index in [0.717, 1.165) is 24.0 Å². The van der Waals surface area contributed by atoms with Crippen molar-refractivity contribution in [1.29, 1.82) is 0 Å². The number of aromatic nitrogens is 3. The molecule has 44 heavy (non-hydrogen) atoms. The van der Waals surface area contributed by atoms with Crippen LogP contribution in [0.4, 0.5) is 15.9 Å². The molecule has 3 amide bonds. The van der Waals surface area contributed by atoms with Crippen LogP contribution in [0.15, 0.2) is 72.4 Å².